The Balaban J connectivity index is 0.00000288. The van der Waals surface area contributed by atoms with Crippen molar-refractivity contribution in [1.29, 1.82) is 0 Å². The molecule has 24 heavy (non-hydrogen) atoms. The van der Waals surface area contributed by atoms with Crippen LogP contribution in [0.2, 0.25) is 0 Å². The number of rotatable bonds is 10. The van der Waals surface area contributed by atoms with Crippen LogP contribution in [0.15, 0.2) is 30.3 Å². The topological polar surface area (TPSA) is 50.8 Å². The van der Waals surface area contributed by atoms with Crippen LogP contribution in [-0.4, -0.2) is 56.9 Å². The number of amides is 1. The first-order valence-corrected chi connectivity index (χ1v) is 8.41. The van der Waals surface area contributed by atoms with E-state index in [9.17, 15) is 4.79 Å². The fourth-order valence-electron chi connectivity index (χ4n) is 2.79. The van der Waals surface area contributed by atoms with Crippen molar-refractivity contribution in [3.63, 3.8) is 0 Å². The molecule has 0 bridgehead atoms. The molecule has 0 aliphatic carbocycles. The van der Waals surface area contributed by atoms with Crippen molar-refractivity contribution in [3.05, 3.63) is 35.9 Å². The lowest BCUT2D eigenvalue weighted by molar-refractivity contribution is -0.133. The van der Waals surface area contributed by atoms with Crippen LogP contribution < -0.4 is 5.32 Å². The Morgan fingerprint density at radius 1 is 1.25 bits per heavy atom. The van der Waals surface area contributed by atoms with Crippen LogP contribution in [-0.2, 0) is 20.8 Å². The summed E-state index contributed by atoms with van der Waals surface area (Å²) in [5.74, 6) is 0.198. The second-order valence-corrected chi connectivity index (χ2v) is 5.90. The third-order valence-corrected chi connectivity index (χ3v) is 4.09. The first-order chi connectivity index (χ1) is 11.3. The van der Waals surface area contributed by atoms with Crippen LogP contribution in [0.1, 0.15) is 24.8 Å². The summed E-state index contributed by atoms with van der Waals surface area (Å²) in [4.78, 5) is 14.5. The Labute approximate surface area is 151 Å². The predicted octanol–water partition coefficient (Wildman–Crippen LogP) is 2.24. The molecule has 1 N–H and O–H groups in total. The van der Waals surface area contributed by atoms with E-state index < -0.39 is 0 Å². The van der Waals surface area contributed by atoms with Gasteiger partial charge >= 0.3 is 0 Å². The van der Waals surface area contributed by atoms with Crippen LogP contribution in [0.4, 0.5) is 0 Å². The molecule has 1 unspecified atom stereocenters. The van der Waals surface area contributed by atoms with Gasteiger partial charge in [0.15, 0.2) is 0 Å². The van der Waals surface area contributed by atoms with Crippen LogP contribution in [0.5, 0.6) is 0 Å². The molecular weight excluding hydrogens is 328 g/mol. The molecule has 0 aromatic heterocycles. The van der Waals surface area contributed by atoms with E-state index in [1.54, 1.807) is 7.11 Å². The second kappa shape index (κ2) is 12.3. The molecule has 1 heterocycles. The Hall–Kier alpha value is -1.14. The van der Waals surface area contributed by atoms with Crippen LogP contribution in [0.3, 0.4) is 0 Å². The van der Waals surface area contributed by atoms with Crippen molar-refractivity contribution in [3.8, 4) is 0 Å². The van der Waals surface area contributed by atoms with Gasteiger partial charge in [0.05, 0.1) is 19.8 Å². The number of hydrogen-bond donors (Lipinski definition) is 1. The van der Waals surface area contributed by atoms with E-state index in [0.717, 1.165) is 24.9 Å². The lowest BCUT2D eigenvalue weighted by Gasteiger charge is -2.24. The van der Waals surface area contributed by atoms with Crippen molar-refractivity contribution in [2.75, 3.05) is 40.0 Å². The van der Waals surface area contributed by atoms with Crippen molar-refractivity contribution in [2.24, 2.45) is 0 Å². The van der Waals surface area contributed by atoms with Gasteiger partial charge in [-0.1, -0.05) is 30.3 Å². The zero-order chi connectivity index (χ0) is 16.3. The molecule has 5 nitrogen and oxygen atoms in total. The molecule has 1 aromatic carbocycles. The Kier molecular flexibility index (Phi) is 10.7. The predicted molar refractivity (Wildman–Crippen MR) is 97.4 cm³/mol. The average Bonchev–Trinajstić information content (AvgIpc) is 3.07. The molecule has 0 spiro atoms. The SMILES string of the molecule is COCCOCCN(Cc1ccccc1)C(=O)CC1CCCN1.Cl. The highest BCUT2D eigenvalue weighted by atomic mass is 35.5. The van der Waals surface area contributed by atoms with Gasteiger partial charge in [0.25, 0.3) is 0 Å². The Morgan fingerprint density at radius 3 is 2.71 bits per heavy atom. The Bertz CT molecular complexity index is 453. The highest BCUT2D eigenvalue weighted by molar-refractivity contribution is 5.85. The molecule has 1 aromatic rings. The van der Waals surface area contributed by atoms with E-state index in [-0.39, 0.29) is 18.3 Å². The van der Waals surface area contributed by atoms with Crippen LogP contribution in [0.25, 0.3) is 0 Å². The maximum atomic E-state index is 12.6. The normalized spacial score (nSPS) is 16.6. The van der Waals surface area contributed by atoms with Crippen molar-refractivity contribution < 1.29 is 14.3 Å². The number of benzene rings is 1. The summed E-state index contributed by atoms with van der Waals surface area (Å²) in [7, 11) is 1.66. The summed E-state index contributed by atoms with van der Waals surface area (Å²) >= 11 is 0. The van der Waals surface area contributed by atoms with Crippen molar-refractivity contribution >= 4 is 18.3 Å². The van der Waals surface area contributed by atoms with Gasteiger partial charge in [-0.2, -0.15) is 0 Å². The van der Waals surface area contributed by atoms with E-state index in [4.69, 9.17) is 9.47 Å². The minimum Gasteiger partial charge on any atom is -0.382 e. The molecular formula is C18H29ClN2O3. The lowest BCUT2D eigenvalue weighted by atomic mass is 10.1. The maximum absolute atomic E-state index is 12.6. The highest BCUT2D eigenvalue weighted by Gasteiger charge is 2.21. The van der Waals surface area contributed by atoms with Gasteiger partial charge < -0.3 is 19.7 Å². The van der Waals surface area contributed by atoms with Crippen LogP contribution >= 0.6 is 12.4 Å². The van der Waals surface area contributed by atoms with E-state index in [2.05, 4.69) is 17.4 Å². The number of nitrogens with one attached hydrogen (secondary N) is 1. The van der Waals surface area contributed by atoms with Gasteiger partial charge in [-0.05, 0) is 24.9 Å². The quantitative estimate of drug-likeness (QED) is 0.653. The van der Waals surface area contributed by atoms with Crippen molar-refractivity contribution in [1.82, 2.24) is 10.2 Å². The summed E-state index contributed by atoms with van der Waals surface area (Å²) in [6, 6.07) is 10.4. The standard InChI is InChI=1S/C18H28N2O3.ClH/c1-22-12-13-23-11-10-20(15-16-6-3-2-4-7-16)18(21)14-17-8-5-9-19-17;/h2-4,6-7,17,19H,5,8-15H2,1H3;1H. The first-order valence-electron chi connectivity index (χ1n) is 8.41. The fourth-order valence-corrected chi connectivity index (χ4v) is 2.79. The number of nitrogens with zero attached hydrogens (tertiary/aromatic N) is 1. The third-order valence-electron chi connectivity index (χ3n) is 4.09. The zero-order valence-corrected chi connectivity index (χ0v) is 15.2. The highest BCUT2D eigenvalue weighted by Crippen LogP contribution is 2.12. The minimum absolute atomic E-state index is 0. The Morgan fingerprint density at radius 2 is 2.04 bits per heavy atom. The number of ether oxygens (including phenoxy) is 2. The van der Waals surface area contributed by atoms with E-state index in [1.807, 2.05) is 23.1 Å². The molecule has 1 atom stereocenters. The second-order valence-electron chi connectivity index (χ2n) is 5.90. The monoisotopic (exact) mass is 356 g/mol. The van der Waals surface area contributed by atoms with Gasteiger partial charge in [0.1, 0.15) is 0 Å². The van der Waals surface area contributed by atoms with E-state index in [0.29, 0.717) is 45.4 Å². The number of carbonyl (C=O) groups excluding carboxylic acids is 1. The molecule has 1 saturated heterocycles. The van der Waals surface area contributed by atoms with Crippen molar-refractivity contribution in [2.45, 2.75) is 31.8 Å². The van der Waals surface area contributed by atoms with E-state index in [1.165, 1.54) is 0 Å². The summed E-state index contributed by atoms with van der Waals surface area (Å²) in [6.45, 7) is 3.97. The summed E-state index contributed by atoms with van der Waals surface area (Å²) in [5, 5.41) is 3.39. The van der Waals surface area contributed by atoms with Gasteiger partial charge in [0.2, 0.25) is 5.91 Å². The summed E-state index contributed by atoms with van der Waals surface area (Å²) in [6.07, 6.45) is 2.83. The van der Waals surface area contributed by atoms with Gasteiger partial charge in [-0.15, -0.1) is 12.4 Å². The largest absolute Gasteiger partial charge is 0.382 e. The molecule has 0 radical (unpaired) electrons. The smallest absolute Gasteiger partial charge is 0.224 e. The van der Waals surface area contributed by atoms with Crippen LogP contribution in [0, 0.1) is 0 Å². The zero-order valence-electron chi connectivity index (χ0n) is 14.4. The third kappa shape index (κ3) is 7.62. The minimum atomic E-state index is 0. The lowest BCUT2D eigenvalue weighted by Crippen LogP contribution is -2.37. The summed E-state index contributed by atoms with van der Waals surface area (Å²) < 4.78 is 10.5. The number of methoxy groups -OCH3 is 1. The summed E-state index contributed by atoms with van der Waals surface area (Å²) in [5.41, 5.74) is 1.15. The molecule has 2 rings (SSSR count). The molecule has 1 fully saturated rings. The van der Waals surface area contributed by atoms with Gasteiger partial charge in [-0.3, -0.25) is 4.79 Å². The van der Waals surface area contributed by atoms with Gasteiger partial charge in [-0.25, -0.2) is 0 Å². The van der Waals surface area contributed by atoms with Gasteiger partial charge in [0, 0.05) is 32.7 Å². The molecule has 1 aliphatic rings. The van der Waals surface area contributed by atoms with E-state index >= 15 is 0 Å². The molecule has 136 valence electrons. The fraction of sp³-hybridized carbons (Fsp3) is 0.611. The molecule has 1 amide bonds. The molecule has 1 aliphatic heterocycles. The number of halogens is 1. The maximum Gasteiger partial charge on any atom is 0.224 e. The first kappa shape index (κ1) is 20.9. The average molecular weight is 357 g/mol. The number of hydrogen-bond acceptors (Lipinski definition) is 4. The number of carbonyl (C=O) groups is 1. The molecule has 6 heteroatoms. The molecule has 0 saturated carbocycles.